The van der Waals surface area contributed by atoms with Crippen LogP contribution in [0.2, 0.25) is 10.3 Å². The molecule has 100 valence electrons. The lowest BCUT2D eigenvalue weighted by Gasteiger charge is -2.11. The van der Waals surface area contributed by atoms with E-state index in [-0.39, 0.29) is 0 Å². The fraction of sp³-hybridized carbons (Fsp3) is 0.267. The first-order chi connectivity index (χ1) is 9.10. The van der Waals surface area contributed by atoms with Crippen LogP contribution >= 0.6 is 23.2 Å². The van der Waals surface area contributed by atoms with Gasteiger partial charge in [-0.3, -0.25) is 0 Å². The summed E-state index contributed by atoms with van der Waals surface area (Å²) < 4.78 is 0. The first-order valence-corrected chi connectivity index (χ1v) is 7.00. The van der Waals surface area contributed by atoms with Crippen molar-refractivity contribution in [3.8, 4) is 0 Å². The van der Waals surface area contributed by atoms with E-state index in [0.29, 0.717) is 16.9 Å². The second-order valence-electron chi connectivity index (χ2n) is 4.45. The molecule has 0 radical (unpaired) electrons. The van der Waals surface area contributed by atoms with E-state index in [9.17, 15) is 0 Å². The van der Waals surface area contributed by atoms with Crippen LogP contribution in [0, 0.1) is 6.92 Å². The Balaban J connectivity index is 2.10. The van der Waals surface area contributed by atoms with Gasteiger partial charge >= 0.3 is 0 Å². The van der Waals surface area contributed by atoms with E-state index in [1.165, 1.54) is 11.1 Å². The number of hydrogen-bond donors (Lipinski definition) is 1. The summed E-state index contributed by atoms with van der Waals surface area (Å²) in [5.74, 6) is 0. The zero-order valence-electron chi connectivity index (χ0n) is 11.0. The molecule has 1 aromatic carbocycles. The normalized spacial score (nSPS) is 10.5. The highest BCUT2D eigenvalue weighted by atomic mass is 35.5. The number of anilines is 1. The largest absolute Gasteiger partial charge is 0.378 e. The van der Waals surface area contributed by atoms with Gasteiger partial charge in [0.2, 0.25) is 0 Å². The van der Waals surface area contributed by atoms with Gasteiger partial charge in [0.1, 0.15) is 5.15 Å². The Morgan fingerprint density at radius 2 is 1.74 bits per heavy atom. The van der Waals surface area contributed by atoms with Crippen LogP contribution in [0.4, 0.5) is 5.69 Å². The summed E-state index contributed by atoms with van der Waals surface area (Å²) in [5.41, 5.74) is 4.38. The maximum Gasteiger partial charge on any atom is 0.154 e. The monoisotopic (exact) mass is 294 g/mol. The lowest BCUT2D eigenvalue weighted by Crippen LogP contribution is -2.03. The van der Waals surface area contributed by atoms with Gasteiger partial charge in [-0.2, -0.15) is 0 Å². The Bertz CT molecular complexity index is 542. The van der Waals surface area contributed by atoms with Gasteiger partial charge in [-0.25, -0.2) is 4.98 Å². The number of pyridine rings is 1. The molecule has 0 aliphatic heterocycles. The standard InChI is InChI=1S/C15H16Cl2N2/c1-3-11-4-6-12(7-5-11)9-18-14-10(2)8-13(16)19-15(14)17/h4-8,18H,3,9H2,1-2H3. The van der Waals surface area contributed by atoms with E-state index < -0.39 is 0 Å². The minimum atomic E-state index is 0.412. The van der Waals surface area contributed by atoms with Crippen molar-refractivity contribution in [2.75, 3.05) is 5.32 Å². The van der Waals surface area contributed by atoms with Gasteiger partial charge in [-0.15, -0.1) is 0 Å². The Labute approximate surface area is 123 Å². The van der Waals surface area contributed by atoms with Gasteiger partial charge in [0.15, 0.2) is 5.15 Å². The number of nitrogens with one attached hydrogen (secondary N) is 1. The van der Waals surface area contributed by atoms with Crippen LogP contribution in [0.3, 0.4) is 0 Å². The molecule has 0 saturated carbocycles. The minimum Gasteiger partial charge on any atom is -0.378 e. The first-order valence-electron chi connectivity index (χ1n) is 6.24. The number of hydrogen-bond acceptors (Lipinski definition) is 2. The summed E-state index contributed by atoms with van der Waals surface area (Å²) in [6, 6.07) is 10.3. The van der Waals surface area contributed by atoms with Crippen molar-refractivity contribution in [1.29, 1.82) is 0 Å². The average Bonchev–Trinajstić information content (AvgIpc) is 2.38. The van der Waals surface area contributed by atoms with Crippen molar-refractivity contribution < 1.29 is 0 Å². The molecule has 0 amide bonds. The van der Waals surface area contributed by atoms with Crippen LogP contribution in [-0.2, 0) is 13.0 Å². The van der Waals surface area contributed by atoms with Gasteiger partial charge in [0, 0.05) is 6.54 Å². The van der Waals surface area contributed by atoms with Crippen LogP contribution in [0.25, 0.3) is 0 Å². The van der Waals surface area contributed by atoms with Gasteiger partial charge in [-0.1, -0.05) is 54.4 Å². The quantitative estimate of drug-likeness (QED) is 0.814. The fourth-order valence-corrected chi connectivity index (χ4v) is 2.49. The predicted octanol–water partition coefficient (Wildman–Crippen LogP) is 4.87. The molecule has 4 heteroatoms. The topological polar surface area (TPSA) is 24.9 Å². The molecule has 1 aromatic heterocycles. The third-order valence-corrected chi connectivity index (χ3v) is 3.51. The van der Waals surface area contributed by atoms with Gasteiger partial charge < -0.3 is 5.32 Å². The molecule has 2 rings (SSSR count). The number of aryl methyl sites for hydroxylation is 2. The highest BCUT2D eigenvalue weighted by molar-refractivity contribution is 6.34. The summed E-state index contributed by atoms with van der Waals surface area (Å²) in [6.07, 6.45) is 1.06. The van der Waals surface area contributed by atoms with E-state index in [1.54, 1.807) is 6.07 Å². The van der Waals surface area contributed by atoms with E-state index >= 15 is 0 Å². The molecular formula is C15H16Cl2N2. The molecule has 0 fully saturated rings. The predicted molar refractivity (Wildman–Crippen MR) is 82.1 cm³/mol. The van der Waals surface area contributed by atoms with Crippen molar-refractivity contribution in [3.05, 3.63) is 57.3 Å². The molecule has 2 aromatic rings. The summed E-state index contributed by atoms with van der Waals surface area (Å²) in [6.45, 7) is 4.82. The summed E-state index contributed by atoms with van der Waals surface area (Å²) in [5, 5.41) is 4.14. The van der Waals surface area contributed by atoms with E-state index in [4.69, 9.17) is 23.2 Å². The second-order valence-corrected chi connectivity index (χ2v) is 5.20. The van der Waals surface area contributed by atoms with Crippen molar-refractivity contribution in [3.63, 3.8) is 0 Å². The third-order valence-electron chi connectivity index (χ3n) is 3.04. The van der Waals surface area contributed by atoms with Crippen LogP contribution in [0.5, 0.6) is 0 Å². The Morgan fingerprint density at radius 3 is 2.32 bits per heavy atom. The Kier molecular flexibility index (Phi) is 4.67. The van der Waals surface area contributed by atoms with Gasteiger partial charge in [0.05, 0.1) is 5.69 Å². The van der Waals surface area contributed by atoms with Crippen LogP contribution in [0.15, 0.2) is 30.3 Å². The summed E-state index contributed by atoms with van der Waals surface area (Å²) >= 11 is 11.9. The lowest BCUT2D eigenvalue weighted by molar-refractivity contribution is 1.10. The molecule has 2 nitrogen and oxygen atoms in total. The van der Waals surface area contributed by atoms with Gasteiger partial charge in [0.25, 0.3) is 0 Å². The molecular weight excluding hydrogens is 279 g/mol. The molecule has 19 heavy (non-hydrogen) atoms. The number of aromatic nitrogens is 1. The molecule has 1 N–H and O–H groups in total. The molecule has 0 spiro atoms. The van der Waals surface area contributed by atoms with Crippen molar-refractivity contribution in [2.24, 2.45) is 0 Å². The van der Waals surface area contributed by atoms with Crippen LogP contribution in [-0.4, -0.2) is 4.98 Å². The third kappa shape index (κ3) is 3.62. The SMILES string of the molecule is CCc1ccc(CNc2c(C)cc(Cl)nc2Cl)cc1. The molecule has 0 aliphatic rings. The fourth-order valence-electron chi connectivity index (χ4n) is 1.89. The molecule has 0 atom stereocenters. The Hall–Kier alpha value is -1.25. The minimum absolute atomic E-state index is 0.412. The summed E-state index contributed by atoms with van der Waals surface area (Å²) in [4.78, 5) is 4.04. The van der Waals surface area contributed by atoms with Crippen molar-refractivity contribution in [2.45, 2.75) is 26.8 Å². The number of nitrogens with zero attached hydrogens (tertiary/aromatic N) is 1. The van der Waals surface area contributed by atoms with E-state index in [2.05, 4.69) is 41.5 Å². The molecule has 1 heterocycles. The first kappa shape index (κ1) is 14.2. The van der Waals surface area contributed by atoms with E-state index in [0.717, 1.165) is 17.7 Å². The highest BCUT2D eigenvalue weighted by Gasteiger charge is 2.07. The second kappa shape index (κ2) is 6.27. The van der Waals surface area contributed by atoms with Crippen molar-refractivity contribution >= 4 is 28.9 Å². The highest BCUT2D eigenvalue weighted by Crippen LogP contribution is 2.26. The zero-order chi connectivity index (χ0) is 13.8. The van der Waals surface area contributed by atoms with Gasteiger partial charge in [-0.05, 0) is 36.1 Å². The maximum absolute atomic E-state index is 6.09. The van der Waals surface area contributed by atoms with Crippen LogP contribution in [0.1, 0.15) is 23.6 Å². The smallest absolute Gasteiger partial charge is 0.154 e. The maximum atomic E-state index is 6.09. The number of rotatable bonds is 4. The lowest BCUT2D eigenvalue weighted by atomic mass is 10.1. The molecule has 0 unspecified atom stereocenters. The molecule has 0 aliphatic carbocycles. The van der Waals surface area contributed by atoms with Crippen molar-refractivity contribution in [1.82, 2.24) is 4.98 Å². The average molecular weight is 295 g/mol. The van der Waals surface area contributed by atoms with E-state index in [1.807, 2.05) is 6.92 Å². The zero-order valence-corrected chi connectivity index (χ0v) is 12.5. The Morgan fingerprint density at radius 1 is 1.11 bits per heavy atom. The summed E-state index contributed by atoms with van der Waals surface area (Å²) in [7, 11) is 0. The molecule has 0 saturated heterocycles. The van der Waals surface area contributed by atoms with Crippen LogP contribution < -0.4 is 5.32 Å². The number of halogens is 2. The number of benzene rings is 1. The molecule has 0 bridgehead atoms.